The largest absolute Gasteiger partial charge is 0.325 e. The molecule has 1 unspecified atom stereocenters. The smallest absolute Gasteiger partial charge is 0.231 e. The minimum absolute atomic E-state index is 0.112. The van der Waals surface area contributed by atoms with Gasteiger partial charge in [-0.25, -0.2) is 0 Å². The molecule has 1 aromatic rings. The molecule has 1 fully saturated rings. The minimum Gasteiger partial charge on any atom is -0.325 e. The van der Waals surface area contributed by atoms with E-state index in [-0.39, 0.29) is 11.3 Å². The highest BCUT2D eigenvalue weighted by Crippen LogP contribution is 2.30. The van der Waals surface area contributed by atoms with Crippen LogP contribution in [0, 0.1) is 19.3 Å². The first-order valence-electron chi connectivity index (χ1n) is 6.21. The lowest BCUT2D eigenvalue weighted by atomic mass is 9.88. The number of hydrogen-bond donors (Lipinski definition) is 2. The molecular formula is C14H19BrN2O. The Kier molecular flexibility index (Phi) is 3.78. The van der Waals surface area contributed by atoms with Crippen LogP contribution in [0.15, 0.2) is 16.6 Å². The Morgan fingerprint density at radius 2 is 2.00 bits per heavy atom. The monoisotopic (exact) mass is 310 g/mol. The zero-order chi connectivity index (χ0) is 13.3. The molecule has 0 spiro atoms. The van der Waals surface area contributed by atoms with Crippen molar-refractivity contribution in [2.45, 2.75) is 27.2 Å². The molecule has 0 saturated carbocycles. The number of carbonyl (C=O) groups is 1. The Labute approximate surface area is 116 Å². The van der Waals surface area contributed by atoms with Gasteiger partial charge in [0.25, 0.3) is 0 Å². The second kappa shape index (κ2) is 5.02. The zero-order valence-electron chi connectivity index (χ0n) is 11.1. The van der Waals surface area contributed by atoms with E-state index in [4.69, 9.17) is 0 Å². The molecule has 0 bridgehead atoms. The third-order valence-corrected chi connectivity index (χ3v) is 4.11. The SMILES string of the molecule is Cc1cc(Br)cc(C)c1NC(=O)C1(C)CCNC1. The number of aryl methyl sites for hydroxylation is 2. The maximum atomic E-state index is 12.4. The minimum atomic E-state index is -0.286. The van der Waals surface area contributed by atoms with Crippen LogP contribution in [-0.4, -0.2) is 19.0 Å². The summed E-state index contributed by atoms with van der Waals surface area (Å²) in [6.07, 6.45) is 0.896. The highest BCUT2D eigenvalue weighted by atomic mass is 79.9. The van der Waals surface area contributed by atoms with E-state index in [1.165, 1.54) is 0 Å². The quantitative estimate of drug-likeness (QED) is 0.881. The predicted octanol–water partition coefficient (Wildman–Crippen LogP) is 3.00. The van der Waals surface area contributed by atoms with Gasteiger partial charge in [-0.05, 0) is 57.0 Å². The molecule has 1 aromatic carbocycles. The number of anilines is 1. The van der Waals surface area contributed by atoms with Gasteiger partial charge in [-0.3, -0.25) is 4.79 Å². The van der Waals surface area contributed by atoms with Crippen molar-refractivity contribution in [1.29, 1.82) is 0 Å². The number of carbonyl (C=O) groups excluding carboxylic acids is 1. The van der Waals surface area contributed by atoms with Gasteiger partial charge in [-0.1, -0.05) is 15.9 Å². The van der Waals surface area contributed by atoms with Gasteiger partial charge in [0.2, 0.25) is 5.91 Å². The summed E-state index contributed by atoms with van der Waals surface area (Å²) in [4.78, 5) is 12.4. The standard InChI is InChI=1S/C14H19BrN2O/c1-9-6-11(15)7-10(2)12(9)17-13(18)14(3)4-5-16-8-14/h6-7,16H,4-5,8H2,1-3H3,(H,17,18). The van der Waals surface area contributed by atoms with Crippen molar-refractivity contribution in [3.05, 3.63) is 27.7 Å². The van der Waals surface area contributed by atoms with E-state index in [0.717, 1.165) is 40.8 Å². The summed E-state index contributed by atoms with van der Waals surface area (Å²) in [5.41, 5.74) is 2.83. The molecule has 0 aliphatic carbocycles. The molecule has 1 amide bonds. The number of hydrogen-bond acceptors (Lipinski definition) is 2. The van der Waals surface area contributed by atoms with Gasteiger partial charge in [-0.2, -0.15) is 0 Å². The fourth-order valence-electron chi connectivity index (χ4n) is 2.38. The maximum Gasteiger partial charge on any atom is 0.231 e. The van der Waals surface area contributed by atoms with Crippen LogP contribution in [0.4, 0.5) is 5.69 Å². The van der Waals surface area contributed by atoms with E-state index in [1.54, 1.807) is 0 Å². The van der Waals surface area contributed by atoms with E-state index in [9.17, 15) is 4.79 Å². The van der Waals surface area contributed by atoms with Gasteiger partial charge >= 0.3 is 0 Å². The van der Waals surface area contributed by atoms with Gasteiger partial charge in [0.1, 0.15) is 0 Å². The second-order valence-corrected chi connectivity index (χ2v) is 6.27. The normalized spacial score (nSPS) is 23.1. The van der Waals surface area contributed by atoms with Crippen molar-refractivity contribution in [2.24, 2.45) is 5.41 Å². The second-order valence-electron chi connectivity index (χ2n) is 5.36. The lowest BCUT2D eigenvalue weighted by molar-refractivity contribution is -0.123. The van der Waals surface area contributed by atoms with Crippen molar-refractivity contribution >= 4 is 27.5 Å². The number of nitrogens with one attached hydrogen (secondary N) is 2. The summed E-state index contributed by atoms with van der Waals surface area (Å²) in [5, 5.41) is 6.34. The average molecular weight is 311 g/mol. The van der Waals surface area contributed by atoms with Crippen LogP contribution >= 0.6 is 15.9 Å². The summed E-state index contributed by atoms with van der Waals surface area (Å²) in [6.45, 7) is 7.73. The molecule has 2 N–H and O–H groups in total. The molecule has 2 rings (SSSR count). The molecule has 1 aliphatic heterocycles. The van der Waals surface area contributed by atoms with Gasteiger partial charge in [0, 0.05) is 16.7 Å². The molecule has 1 saturated heterocycles. The van der Waals surface area contributed by atoms with Crippen LogP contribution in [0.5, 0.6) is 0 Å². The van der Waals surface area contributed by atoms with Gasteiger partial charge in [0.05, 0.1) is 5.41 Å². The van der Waals surface area contributed by atoms with E-state index in [1.807, 2.05) is 32.9 Å². The topological polar surface area (TPSA) is 41.1 Å². The molecule has 4 heteroatoms. The van der Waals surface area contributed by atoms with E-state index >= 15 is 0 Å². The average Bonchev–Trinajstić information content (AvgIpc) is 2.71. The summed E-state index contributed by atoms with van der Waals surface area (Å²) in [6, 6.07) is 4.05. The van der Waals surface area contributed by atoms with Crippen molar-refractivity contribution in [3.8, 4) is 0 Å². The van der Waals surface area contributed by atoms with Crippen molar-refractivity contribution in [3.63, 3.8) is 0 Å². The first-order valence-corrected chi connectivity index (χ1v) is 7.01. The molecule has 0 radical (unpaired) electrons. The first-order chi connectivity index (χ1) is 8.42. The lowest BCUT2D eigenvalue weighted by Gasteiger charge is -2.23. The molecule has 98 valence electrons. The van der Waals surface area contributed by atoms with Crippen molar-refractivity contribution in [2.75, 3.05) is 18.4 Å². The third-order valence-electron chi connectivity index (χ3n) is 3.65. The van der Waals surface area contributed by atoms with Crippen LogP contribution in [0.3, 0.4) is 0 Å². The van der Waals surface area contributed by atoms with Gasteiger partial charge < -0.3 is 10.6 Å². The number of rotatable bonds is 2. The first kappa shape index (κ1) is 13.6. The summed E-state index contributed by atoms with van der Waals surface area (Å²) >= 11 is 3.47. The number of benzene rings is 1. The Balaban J connectivity index is 2.22. The van der Waals surface area contributed by atoms with Crippen molar-refractivity contribution in [1.82, 2.24) is 5.32 Å². The van der Waals surface area contributed by atoms with Crippen LogP contribution in [-0.2, 0) is 4.79 Å². The summed E-state index contributed by atoms with van der Waals surface area (Å²) in [7, 11) is 0. The van der Waals surface area contributed by atoms with Gasteiger partial charge in [-0.15, -0.1) is 0 Å². The summed E-state index contributed by atoms with van der Waals surface area (Å²) < 4.78 is 1.05. The molecule has 1 heterocycles. The fraction of sp³-hybridized carbons (Fsp3) is 0.500. The molecule has 3 nitrogen and oxygen atoms in total. The molecule has 18 heavy (non-hydrogen) atoms. The highest BCUT2D eigenvalue weighted by molar-refractivity contribution is 9.10. The number of amides is 1. The maximum absolute atomic E-state index is 12.4. The van der Waals surface area contributed by atoms with Crippen LogP contribution < -0.4 is 10.6 Å². The Hall–Kier alpha value is -0.870. The molecule has 1 aliphatic rings. The third kappa shape index (κ3) is 2.59. The zero-order valence-corrected chi connectivity index (χ0v) is 12.6. The Morgan fingerprint density at radius 3 is 2.50 bits per heavy atom. The number of halogens is 1. The molecule has 1 atom stereocenters. The Morgan fingerprint density at radius 1 is 1.39 bits per heavy atom. The predicted molar refractivity (Wildman–Crippen MR) is 77.8 cm³/mol. The Bertz CT molecular complexity index is 456. The summed E-state index contributed by atoms with van der Waals surface area (Å²) in [5.74, 6) is 0.112. The van der Waals surface area contributed by atoms with Crippen LogP contribution in [0.1, 0.15) is 24.5 Å². The van der Waals surface area contributed by atoms with Gasteiger partial charge in [0.15, 0.2) is 0 Å². The molecular weight excluding hydrogens is 292 g/mol. The van der Waals surface area contributed by atoms with Crippen LogP contribution in [0.25, 0.3) is 0 Å². The van der Waals surface area contributed by atoms with Crippen molar-refractivity contribution < 1.29 is 4.79 Å². The lowest BCUT2D eigenvalue weighted by Crippen LogP contribution is -2.35. The molecule has 0 aromatic heterocycles. The van der Waals surface area contributed by atoms with E-state index < -0.39 is 0 Å². The fourth-order valence-corrected chi connectivity index (χ4v) is 3.07. The van der Waals surface area contributed by atoms with E-state index in [2.05, 4.69) is 26.6 Å². The van der Waals surface area contributed by atoms with Crippen LogP contribution in [0.2, 0.25) is 0 Å². The highest BCUT2D eigenvalue weighted by Gasteiger charge is 2.36. The van der Waals surface area contributed by atoms with E-state index in [0.29, 0.717) is 0 Å².